The van der Waals surface area contributed by atoms with Crippen LogP contribution in [0.4, 0.5) is 0 Å². The number of rotatable bonds is 4. The highest BCUT2D eigenvalue weighted by molar-refractivity contribution is 6.35. The summed E-state index contributed by atoms with van der Waals surface area (Å²) in [7, 11) is 0. The molecule has 2 saturated heterocycles. The monoisotopic (exact) mass is 456 g/mol. The second kappa shape index (κ2) is 10.4. The predicted octanol–water partition coefficient (Wildman–Crippen LogP) is 1.17. The lowest BCUT2D eigenvalue weighted by Crippen LogP contribution is -2.55. The summed E-state index contributed by atoms with van der Waals surface area (Å²) < 4.78 is 5.22. The molecule has 10 heteroatoms. The molecule has 0 saturated carbocycles. The van der Waals surface area contributed by atoms with Gasteiger partial charge in [0.1, 0.15) is 0 Å². The fourth-order valence-corrected chi connectivity index (χ4v) is 4.14. The standard InChI is InChI=1S/C20H26Cl2N4O4/c1-14(16-3-2-15(21)12-17(16)22)23-18(27)13-24-4-6-25(7-5-24)19(28)20(29)26-8-10-30-11-9-26/h2-3,12,14H,4-11,13H2,1H3,(H,23,27)/t14-/m1/s1. The van der Waals surface area contributed by atoms with Gasteiger partial charge in [0.15, 0.2) is 0 Å². The maximum Gasteiger partial charge on any atom is 0.312 e. The molecule has 30 heavy (non-hydrogen) atoms. The maximum absolute atomic E-state index is 12.5. The third-order valence-electron chi connectivity index (χ3n) is 5.31. The summed E-state index contributed by atoms with van der Waals surface area (Å²) in [6.07, 6.45) is 0. The van der Waals surface area contributed by atoms with Crippen molar-refractivity contribution in [2.75, 3.05) is 59.0 Å². The SMILES string of the molecule is C[C@@H](NC(=O)CN1CCN(C(=O)C(=O)N2CCOCC2)CC1)c1ccc(Cl)cc1Cl. The molecule has 2 aliphatic rings. The number of halogens is 2. The van der Waals surface area contributed by atoms with Gasteiger partial charge >= 0.3 is 11.8 Å². The number of hydrogen-bond donors (Lipinski definition) is 1. The van der Waals surface area contributed by atoms with Crippen LogP contribution in [-0.4, -0.2) is 91.4 Å². The van der Waals surface area contributed by atoms with Crippen LogP contribution in [0.15, 0.2) is 18.2 Å². The smallest absolute Gasteiger partial charge is 0.312 e. The number of morpholine rings is 1. The Balaban J connectivity index is 1.44. The zero-order valence-corrected chi connectivity index (χ0v) is 18.4. The fourth-order valence-electron chi connectivity index (χ4n) is 3.57. The summed E-state index contributed by atoms with van der Waals surface area (Å²) >= 11 is 12.1. The predicted molar refractivity (Wildman–Crippen MR) is 113 cm³/mol. The lowest BCUT2D eigenvalue weighted by Gasteiger charge is -2.35. The molecule has 2 heterocycles. The molecule has 0 radical (unpaired) electrons. The Hall–Kier alpha value is -1.87. The molecule has 1 aromatic rings. The van der Waals surface area contributed by atoms with Crippen molar-refractivity contribution in [1.82, 2.24) is 20.0 Å². The molecular weight excluding hydrogens is 431 g/mol. The van der Waals surface area contributed by atoms with Crippen molar-refractivity contribution >= 4 is 40.9 Å². The van der Waals surface area contributed by atoms with Crippen LogP contribution in [-0.2, 0) is 19.1 Å². The minimum atomic E-state index is -0.480. The Morgan fingerprint density at radius 1 is 1.00 bits per heavy atom. The van der Waals surface area contributed by atoms with Crippen molar-refractivity contribution in [1.29, 1.82) is 0 Å². The second-order valence-corrected chi connectivity index (χ2v) is 8.27. The van der Waals surface area contributed by atoms with E-state index in [0.717, 1.165) is 5.56 Å². The summed E-state index contributed by atoms with van der Waals surface area (Å²) in [5, 5.41) is 3.99. The highest BCUT2D eigenvalue weighted by Crippen LogP contribution is 2.26. The first kappa shape index (κ1) is 22.8. The van der Waals surface area contributed by atoms with E-state index in [1.165, 1.54) is 4.90 Å². The van der Waals surface area contributed by atoms with Gasteiger partial charge in [-0.25, -0.2) is 0 Å². The highest BCUT2D eigenvalue weighted by atomic mass is 35.5. The number of hydrogen-bond acceptors (Lipinski definition) is 5. The number of carbonyl (C=O) groups excluding carboxylic acids is 3. The van der Waals surface area contributed by atoms with Crippen molar-refractivity contribution in [2.24, 2.45) is 0 Å². The van der Waals surface area contributed by atoms with Crippen LogP contribution in [0.3, 0.4) is 0 Å². The highest BCUT2D eigenvalue weighted by Gasteiger charge is 2.30. The average molecular weight is 457 g/mol. The van der Waals surface area contributed by atoms with E-state index in [4.69, 9.17) is 27.9 Å². The Labute approximate surface area is 186 Å². The maximum atomic E-state index is 12.5. The molecular formula is C20H26Cl2N4O4. The largest absolute Gasteiger partial charge is 0.378 e. The molecule has 0 spiro atoms. The molecule has 0 unspecified atom stereocenters. The van der Waals surface area contributed by atoms with Crippen LogP contribution in [0.5, 0.6) is 0 Å². The van der Waals surface area contributed by atoms with Gasteiger partial charge in [-0.1, -0.05) is 29.3 Å². The Bertz CT molecular complexity index is 793. The molecule has 2 fully saturated rings. The first-order valence-corrected chi connectivity index (χ1v) is 10.7. The Morgan fingerprint density at radius 3 is 2.20 bits per heavy atom. The van der Waals surface area contributed by atoms with Gasteiger partial charge in [-0.2, -0.15) is 0 Å². The van der Waals surface area contributed by atoms with Crippen molar-refractivity contribution in [3.05, 3.63) is 33.8 Å². The van der Waals surface area contributed by atoms with Crippen LogP contribution >= 0.6 is 23.2 Å². The van der Waals surface area contributed by atoms with Gasteiger partial charge in [0.25, 0.3) is 0 Å². The lowest BCUT2D eigenvalue weighted by atomic mass is 10.1. The van der Waals surface area contributed by atoms with Crippen molar-refractivity contribution in [3.63, 3.8) is 0 Å². The topological polar surface area (TPSA) is 82.2 Å². The molecule has 2 aliphatic heterocycles. The number of benzene rings is 1. The van der Waals surface area contributed by atoms with Crippen molar-refractivity contribution in [3.8, 4) is 0 Å². The van der Waals surface area contributed by atoms with Crippen LogP contribution in [0.2, 0.25) is 10.0 Å². The van der Waals surface area contributed by atoms with Crippen molar-refractivity contribution < 1.29 is 19.1 Å². The van der Waals surface area contributed by atoms with Gasteiger partial charge in [0.2, 0.25) is 5.91 Å². The van der Waals surface area contributed by atoms with Gasteiger partial charge in [-0.3, -0.25) is 19.3 Å². The number of carbonyl (C=O) groups is 3. The van der Waals surface area contributed by atoms with Gasteiger partial charge < -0.3 is 19.9 Å². The fraction of sp³-hybridized carbons (Fsp3) is 0.550. The first-order valence-electron chi connectivity index (χ1n) is 9.97. The van der Waals surface area contributed by atoms with Gasteiger partial charge in [0, 0.05) is 49.3 Å². The van der Waals surface area contributed by atoms with Gasteiger partial charge in [0.05, 0.1) is 25.8 Å². The van der Waals surface area contributed by atoms with Crippen LogP contribution < -0.4 is 5.32 Å². The van der Waals surface area contributed by atoms with E-state index < -0.39 is 11.8 Å². The normalized spacial score (nSPS) is 18.8. The number of nitrogens with one attached hydrogen (secondary N) is 1. The quantitative estimate of drug-likeness (QED) is 0.687. The summed E-state index contributed by atoms with van der Waals surface area (Å²) in [6, 6.07) is 4.93. The van der Waals surface area contributed by atoms with E-state index in [1.807, 2.05) is 11.8 Å². The summed E-state index contributed by atoms with van der Waals surface area (Å²) in [4.78, 5) is 42.3. The van der Waals surface area contributed by atoms with Crippen LogP contribution in [0.25, 0.3) is 0 Å². The molecule has 1 atom stereocenters. The van der Waals surface area contributed by atoms with Gasteiger partial charge in [-0.15, -0.1) is 0 Å². The molecule has 3 rings (SSSR count). The zero-order chi connectivity index (χ0) is 21.7. The number of ether oxygens (including phenoxy) is 1. The molecule has 1 aromatic carbocycles. The second-order valence-electron chi connectivity index (χ2n) is 7.43. The minimum Gasteiger partial charge on any atom is -0.378 e. The number of piperazine rings is 1. The first-order chi connectivity index (χ1) is 14.3. The molecule has 0 bridgehead atoms. The van der Waals surface area contributed by atoms with Crippen LogP contribution in [0, 0.1) is 0 Å². The molecule has 164 valence electrons. The molecule has 3 amide bonds. The zero-order valence-electron chi connectivity index (χ0n) is 16.9. The van der Waals surface area contributed by atoms with E-state index in [0.29, 0.717) is 62.5 Å². The van der Waals surface area contributed by atoms with Gasteiger partial charge in [-0.05, 0) is 24.6 Å². The third-order valence-corrected chi connectivity index (χ3v) is 5.88. The molecule has 0 aromatic heterocycles. The average Bonchev–Trinajstić information content (AvgIpc) is 2.73. The third kappa shape index (κ3) is 5.85. The molecule has 0 aliphatic carbocycles. The lowest BCUT2D eigenvalue weighted by molar-refractivity contribution is -0.155. The minimum absolute atomic E-state index is 0.127. The van der Waals surface area contributed by atoms with E-state index in [9.17, 15) is 14.4 Å². The number of nitrogens with zero attached hydrogens (tertiary/aromatic N) is 3. The van der Waals surface area contributed by atoms with E-state index in [-0.39, 0.29) is 18.5 Å². The number of amides is 3. The van der Waals surface area contributed by atoms with Crippen LogP contribution in [0.1, 0.15) is 18.5 Å². The summed E-state index contributed by atoms with van der Waals surface area (Å²) in [6.45, 7) is 5.79. The van der Waals surface area contributed by atoms with Crippen molar-refractivity contribution in [2.45, 2.75) is 13.0 Å². The van der Waals surface area contributed by atoms with E-state index >= 15 is 0 Å². The van der Waals surface area contributed by atoms with E-state index in [2.05, 4.69) is 5.32 Å². The Morgan fingerprint density at radius 2 is 1.60 bits per heavy atom. The summed E-state index contributed by atoms with van der Waals surface area (Å²) in [5.41, 5.74) is 0.798. The summed E-state index contributed by atoms with van der Waals surface area (Å²) in [5.74, 6) is -1.08. The Kier molecular flexibility index (Phi) is 7.93. The molecule has 1 N–H and O–H groups in total. The van der Waals surface area contributed by atoms with E-state index in [1.54, 1.807) is 23.1 Å². The molecule has 8 nitrogen and oxygen atoms in total.